The Bertz CT molecular complexity index is 469. The zero-order chi connectivity index (χ0) is 13.0. The van der Waals surface area contributed by atoms with Crippen LogP contribution in [0.4, 0.5) is 4.39 Å². The summed E-state index contributed by atoms with van der Waals surface area (Å²) in [5, 5.41) is 17.1. The Kier molecular flexibility index (Phi) is 3.93. The van der Waals surface area contributed by atoms with E-state index < -0.39 is 0 Å². The Morgan fingerprint density at radius 1 is 1.44 bits per heavy atom. The van der Waals surface area contributed by atoms with Gasteiger partial charge in [-0.2, -0.15) is 5.21 Å². The Morgan fingerprint density at radius 2 is 2.28 bits per heavy atom. The van der Waals surface area contributed by atoms with Crippen molar-refractivity contribution in [3.05, 3.63) is 35.7 Å². The molecule has 0 radical (unpaired) electrons. The lowest BCUT2D eigenvalue weighted by Gasteiger charge is -2.19. The molecular weight excluding hydrogens is 235 g/mol. The highest BCUT2D eigenvalue weighted by atomic mass is 19.1. The van der Waals surface area contributed by atoms with Gasteiger partial charge in [-0.1, -0.05) is 12.1 Å². The topological polar surface area (TPSA) is 79.4 Å². The predicted octanol–water partition coefficient (Wildman–Crippen LogP) is 1.54. The Labute approximate surface area is 104 Å². The molecule has 0 aliphatic carbocycles. The number of tetrazole rings is 1. The van der Waals surface area contributed by atoms with Gasteiger partial charge >= 0.3 is 0 Å². The third-order valence-electron chi connectivity index (χ3n) is 2.72. The highest BCUT2D eigenvalue weighted by molar-refractivity contribution is 5.10. The van der Waals surface area contributed by atoms with E-state index >= 15 is 0 Å². The zero-order valence-electron chi connectivity index (χ0n) is 10.3. The van der Waals surface area contributed by atoms with Crippen molar-refractivity contribution < 1.29 is 4.39 Å². The summed E-state index contributed by atoms with van der Waals surface area (Å²) in [6.45, 7) is 3.97. The zero-order valence-corrected chi connectivity index (χ0v) is 10.3. The van der Waals surface area contributed by atoms with E-state index in [-0.39, 0.29) is 17.9 Å². The van der Waals surface area contributed by atoms with Crippen LogP contribution in [0.2, 0.25) is 0 Å². The standard InChI is InChI=1S/C11H15FN6/c1-3-9(10-5-4-8(12)6-13-10)14-7(2)11-15-17-18-16-11/h4-7,9,14H,3H2,1-2H3,(H,15,16,17,18). The Hall–Kier alpha value is -1.89. The number of aromatic amines is 1. The van der Waals surface area contributed by atoms with Gasteiger partial charge in [0.1, 0.15) is 5.82 Å². The number of nitrogens with one attached hydrogen (secondary N) is 2. The largest absolute Gasteiger partial charge is 0.299 e. The number of aromatic nitrogens is 5. The molecule has 0 aliphatic rings. The lowest BCUT2D eigenvalue weighted by Crippen LogP contribution is -2.25. The Morgan fingerprint density at radius 3 is 2.83 bits per heavy atom. The number of halogens is 1. The van der Waals surface area contributed by atoms with Crippen LogP contribution in [-0.2, 0) is 0 Å². The van der Waals surface area contributed by atoms with Crippen LogP contribution in [0.1, 0.15) is 43.9 Å². The first-order valence-electron chi connectivity index (χ1n) is 5.81. The summed E-state index contributed by atoms with van der Waals surface area (Å²) in [5.74, 6) is 0.260. The van der Waals surface area contributed by atoms with Gasteiger partial charge < -0.3 is 0 Å². The molecule has 6 nitrogen and oxygen atoms in total. The van der Waals surface area contributed by atoms with E-state index in [4.69, 9.17) is 0 Å². The molecule has 0 saturated carbocycles. The normalized spacial score (nSPS) is 14.4. The van der Waals surface area contributed by atoms with Crippen LogP contribution in [0.3, 0.4) is 0 Å². The minimum absolute atomic E-state index is 0.0269. The molecule has 96 valence electrons. The van der Waals surface area contributed by atoms with Gasteiger partial charge in [-0.05, 0) is 25.5 Å². The van der Waals surface area contributed by atoms with Crippen LogP contribution in [0, 0.1) is 5.82 Å². The third-order valence-corrected chi connectivity index (χ3v) is 2.72. The fourth-order valence-corrected chi connectivity index (χ4v) is 1.74. The summed E-state index contributed by atoms with van der Waals surface area (Å²) in [5.41, 5.74) is 0.800. The number of nitrogens with zero attached hydrogens (tertiary/aromatic N) is 4. The summed E-state index contributed by atoms with van der Waals surface area (Å²) in [7, 11) is 0. The number of hydrogen-bond donors (Lipinski definition) is 2. The average molecular weight is 250 g/mol. The molecule has 2 atom stereocenters. The molecule has 0 saturated heterocycles. The van der Waals surface area contributed by atoms with Crippen molar-refractivity contribution in [2.24, 2.45) is 0 Å². The Balaban J connectivity index is 2.07. The highest BCUT2D eigenvalue weighted by Crippen LogP contribution is 2.18. The van der Waals surface area contributed by atoms with Gasteiger partial charge in [0, 0.05) is 6.04 Å². The third kappa shape index (κ3) is 2.86. The fourth-order valence-electron chi connectivity index (χ4n) is 1.74. The van der Waals surface area contributed by atoms with E-state index in [2.05, 4.69) is 30.9 Å². The molecule has 7 heteroatoms. The number of hydrogen-bond acceptors (Lipinski definition) is 5. The van der Waals surface area contributed by atoms with E-state index in [0.717, 1.165) is 12.1 Å². The molecule has 2 rings (SSSR count). The van der Waals surface area contributed by atoms with Crippen LogP contribution in [-0.4, -0.2) is 25.6 Å². The van der Waals surface area contributed by atoms with E-state index in [1.807, 2.05) is 13.8 Å². The van der Waals surface area contributed by atoms with E-state index in [1.165, 1.54) is 12.3 Å². The number of pyridine rings is 1. The molecule has 2 N–H and O–H groups in total. The molecule has 0 amide bonds. The molecule has 0 fully saturated rings. The maximum atomic E-state index is 12.8. The van der Waals surface area contributed by atoms with Crippen LogP contribution >= 0.6 is 0 Å². The molecule has 0 spiro atoms. The monoisotopic (exact) mass is 250 g/mol. The molecule has 0 aliphatic heterocycles. The molecule has 18 heavy (non-hydrogen) atoms. The average Bonchev–Trinajstić information content (AvgIpc) is 2.91. The van der Waals surface area contributed by atoms with Crippen molar-refractivity contribution in [3.63, 3.8) is 0 Å². The molecule has 2 unspecified atom stereocenters. The van der Waals surface area contributed by atoms with Crippen LogP contribution in [0.25, 0.3) is 0 Å². The summed E-state index contributed by atoms with van der Waals surface area (Å²) in [6, 6.07) is 3.06. The molecule has 2 aromatic heterocycles. The van der Waals surface area contributed by atoms with Crippen molar-refractivity contribution in [1.82, 2.24) is 30.9 Å². The van der Waals surface area contributed by atoms with Gasteiger partial charge in [0.05, 0.1) is 17.9 Å². The maximum Gasteiger partial charge on any atom is 0.191 e. The molecule has 2 heterocycles. The second-order valence-electron chi connectivity index (χ2n) is 4.02. The van der Waals surface area contributed by atoms with Gasteiger partial charge in [0.15, 0.2) is 5.82 Å². The van der Waals surface area contributed by atoms with Crippen LogP contribution in [0.5, 0.6) is 0 Å². The summed E-state index contributed by atoms with van der Waals surface area (Å²) < 4.78 is 12.8. The molecule has 0 bridgehead atoms. The first-order chi connectivity index (χ1) is 8.70. The van der Waals surface area contributed by atoms with E-state index in [0.29, 0.717) is 5.82 Å². The number of rotatable bonds is 5. The van der Waals surface area contributed by atoms with Crippen LogP contribution in [0.15, 0.2) is 18.3 Å². The smallest absolute Gasteiger partial charge is 0.191 e. The molecule has 2 aromatic rings. The van der Waals surface area contributed by atoms with Crippen molar-refractivity contribution in [3.8, 4) is 0 Å². The quantitative estimate of drug-likeness (QED) is 0.841. The summed E-state index contributed by atoms with van der Waals surface area (Å²) in [6.07, 6.45) is 2.06. The molecule has 0 aromatic carbocycles. The van der Waals surface area contributed by atoms with Crippen molar-refractivity contribution in [1.29, 1.82) is 0 Å². The lowest BCUT2D eigenvalue weighted by atomic mass is 10.1. The van der Waals surface area contributed by atoms with Gasteiger partial charge in [-0.15, -0.1) is 10.2 Å². The number of H-pyrrole nitrogens is 1. The van der Waals surface area contributed by atoms with E-state index in [9.17, 15) is 4.39 Å². The SMILES string of the molecule is CCC(NC(C)c1nn[nH]n1)c1ccc(F)cn1. The van der Waals surface area contributed by atoms with Crippen molar-refractivity contribution in [2.75, 3.05) is 0 Å². The first-order valence-corrected chi connectivity index (χ1v) is 5.81. The predicted molar refractivity (Wildman–Crippen MR) is 63.0 cm³/mol. The maximum absolute atomic E-state index is 12.8. The van der Waals surface area contributed by atoms with Gasteiger partial charge in [-0.25, -0.2) is 4.39 Å². The minimum Gasteiger partial charge on any atom is -0.299 e. The minimum atomic E-state index is -0.334. The summed E-state index contributed by atoms with van der Waals surface area (Å²) in [4.78, 5) is 4.08. The van der Waals surface area contributed by atoms with Crippen molar-refractivity contribution in [2.45, 2.75) is 32.4 Å². The molecular formula is C11H15FN6. The first kappa shape index (κ1) is 12.6. The fraction of sp³-hybridized carbons (Fsp3) is 0.455. The van der Waals surface area contributed by atoms with Crippen LogP contribution < -0.4 is 5.32 Å². The van der Waals surface area contributed by atoms with E-state index in [1.54, 1.807) is 6.07 Å². The second kappa shape index (κ2) is 5.63. The van der Waals surface area contributed by atoms with Gasteiger partial charge in [0.25, 0.3) is 0 Å². The lowest BCUT2D eigenvalue weighted by molar-refractivity contribution is 0.434. The summed E-state index contributed by atoms with van der Waals surface area (Å²) >= 11 is 0. The van der Waals surface area contributed by atoms with Crippen molar-refractivity contribution >= 4 is 0 Å². The van der Waals surface area contributed by atoms with Gasteiger partial charge in [-0.3, -0.25) is 10.3 Å². The second-order valence-corrected chi connectivity index (χ2v) is 4.02. The van der Waals surface area contributed by atoms with Gasteiger partial charge in [0.2, 0.25) is 0 Å². The highest BCUT2D eigenvalue weighted by Gasteiger charge is 2.17.